The molecule has 204 valence electrons. The van der Waals surface area contributed by atoms with Crippen LogP contribution < -0.4 is 10.4 Å². The number of rotatable bonds is 8. The van der Waals surface area contributed by atoms with E-state index in [9.17, 15) is 9.59 Å². The van der Waals surface area contributed by atoms with Gasteiger partial charge < -0.3 is 9.80 Å². The van der Waals surface area contributed by atoms with Gasteiger partial charge in [0, 0.05) is 55.5 Å². The number of hydrogen-bond donors (Lipinski definition) is 2. The molecule has 37 heavy (non-hydrogen) atoms. The van der Waals surface area contributed by atoms with Crippen molar-refractivity contribution >= 4 is 40.2 Å². The van der Waals surface area contributed by atoms with Crippen molar-refractivity contribution in [3.05, 3.63) is 36.4 Å². The zero-order valence-electron chi connectivity index (χ0n) is 22.9. The summed E-state index contributed by atoms with van der Waals surface area (Å²) in [6, 6.07) is 13.0. The van der Waals surface area contributed by atoms with Crippen LogP contribution in [0.25, 0.3) is 10.8 Å². The number of nitrogens with zero attached hydrogens (tertiary/aromatic N) is 3. The first-order chi connectivity index (χ1) is 17.8. The fourth-order valence-corrected chi connectivity index (χ4v) is 6.30. The molecule has 0 unspecified atom stereocenters. The minimum Gasteiger partial charge on any atom is -0.377 e. The largest absolute Gasteiger partial charge is 0.377 e. The fraction of sp³-hybridized carbons (Fsp3) is 0.586. The first-order valence-corrected chi connectivity index (χ1v) is 14.3. The molecule has 0 radical (unpaired) electrons. The van der Waals surface area contributed by atoms with Gasteiger partial charge in [-0.05, 0) is 75.2 Å². The SMILES string of the molecule is CN(C)Sc1cccc2c(N(C)C)cccc12.O=C(C[C@@H](CC1CCCC1)C(=O)N1CCCCC1)NO. The summed E-state index contributed by atoms with van der Waals surface area (Å²) in [5.74, 6) is -0.0258. The van der Waals surface area contributed by atoms with Gasteiger partial charge in [0.05, 0.1) is 0 Å². The van der Waals surface area contributed by atoms with Crippen molar-refractivity contribution in [1.29, 1.82) is 0 Å². The number of hydrogen-bond acceptors (Lipinski definition) is 6. The Hall–Kier alpha value is -2.29. The quantitative estimate of drug-likeness (QED) is 0.265. The van der Waals surface area contributed by atoms with Crippen molar-refractivity contribution in [3.8, 4) is 0 Å². The molecule has 0 bridgehead atoms. The predicted octanol–water partition coefficient (Wildman–Crippen LogP) is 5.57. The summed E-state index contributed by atoms with van der Waals surface area (Å²) in [5.41, 5.74) is 2.94. The van der Waals surface area contributed by atoms with Gasteiger partial charge in [-0.25, -0.2) is 5.48 Å². The van der Waals surface area contributed by atoms with Crippen LogP contribution in [0.5, 0.6) is 0 Å². The number of hydroxylamine groups is 1. The van der Waals surface area contributed by atoms with Crippen LogP contribution in [0.3, 0.4) is 0 Å². The maximum absolute atomic E-state index is 12.6. The molecular weight excluding hydrogens is 484 g/mol. The average molecular weight is 529 g/mol. The highest BCUT2D eigenvalue weighted by atomic mass is 32.2. The van der Waals surface area contributed by atoms with E-state index in [4.69, 9.17) is 5.21 Å². The molecule has 1 aliphatic carbocycles. The lowest BCUT2D eigenvalue weighted by Crippen LogP contribution is -2.41. The van der Waals surface area contributed by atoms with Gasteiger partial charge in [0.15, 0.2) is 0 Å². The zero-order chi connectivity index (χ0) is 26.8. The van der Waals surface area contributed by atoms with Crippen LogP contribution >= 0.6 is 11.9 Å². The molecule has 7 nitrogen and oxygen atoms in total. The number of nitrogens with one attached hydrogen (secondary N) is 1. The Kier molecular flexibility index (Phi) is 11.5. The fourth-order valence-electron chi connectivity index (χ4n) is 5.49. The van der Waals surface area contributed by atoms with Gasteiger partial charge in [0.2, 0.25) is 11.8 Å². The lowest BCUT2D eigenvalue weighted by molar-refractivity contribution is -0.141. The molecule has 2 aromatic rings. The Balaban J connectivity index is 0.000000208. The molecule has 1 heterocycles. The van der Waals surface area contributed by atoms with Crippen LogP contribution in [-0.2, 0) is 9.59 Å². The normalized spacial score (nSPS) is 16.9. The van der Waals surface area contributed by atoms with Gasteiger partial charge in [0.1, 0.15) is 0 Å². The highest BCUT2D eigenvalue weighted by molar-refractivity contribution is 7.97. The van der Waals surface area contributed by atoms with E-state index in [0.29, 0.717) is 5.92 Å². The van der Waals surface area contributed by atoms with Crippen LogP contribution in [0.15, 0.2) is 41.3 Å². The molecule has 2 amide bonds. The van der Waals surface area contributed by atoms with Crippen molar-refractivity contribution in [2.45, 2.75) is 62.7 Å². The highest BCUT2D eigenvalue weighted by Crippen LogP contribution is 2.34. The van der Waals surface area contributed by atoms with Gasteiger partial charge in [0.25, 0.3) is 0 Å². The second-order valence-corrected chi connectivity index (χ2v) is 12.0. The minimum absolute atomic E-state index is 0.111. The van der Waals surface area contributed by atoms with Crippen molar-refractivity contribution < 1.29 is 14.8 Å². The van der Waals surface area contributed by atoms with E-state index < -0.39 is 5.91 Å². The van der Waals surface area contributed by atoms with Gasteiger partial charge in [-0.3, -0.25) is 19.1 Å². The zero-order valence-corrected chi connectivity index (χ0v) is 23.7. The number of carbonyl (C=O) groups excluding carboxylic acids is 2. The lowest BCUT2D eigenvalue weighted by Gasteiger charge is -2.31. The van der Waals surface area contributed by atoms with Crippen LogP contribution in [0.1, 0.15) is 57.8 Å². The van der Waals surface area contributed by atoms with Gasteiger partial charge in [-0.2, -0.15) is 0 Å². The van der Waals surface area contributed by atoms with Crippen LogP contribution in [0.2, 0.25) is 0 Å². The average Bonchev–Trinajstić information content (AvgIpc) is 3.41. The van der Waals surface area contributed by atoms with Crippen LogP contribution in [0, 0.1) is 11.8 Å². The van der Waals surface area contributed by atoms with Crippen molar-refractivity contribution in [2.24, 2.45) is 11.8 Å². The van der Waals surface area contributed by atoms with Crippen molar-refractivity contribution in [2.75, 3.05) is 46.2 Å². The number of carbonyl (C=O) groups is 2. The van der Waals surface area contributed by atoms with E-state index >= 15 is 0 Å². The maximum atomic E-state index is 12.6. The van der Waals surface area contributed by atoms with Crippen molar-refractivity contribution in [1.82, 2.24) is 14.7 Å². The third-order valence-corrected chi connectivity index (χ3v) is 8.21. The molecule has 8 heteroatoms. The third-order valence-electron chi connectivity index (χ3n) is 7.29. The lowest BCUT2D eigenvalue weighted by atomic mass is 9.89. The van der Waals surface area contributed by atoms with E-state index in [1.54, 1.807) is 17.4 Å². The molecule has 1 atom stereocenters. The Bertz CT molecular complexity index is 1020. The second-order valence-electron chi connectivity index (χ2n) is 10.6. The summed E-state index contributed by atoms with van der Waals surface area (Å²) in [5, 5.41) is 11.3. The highest BCUT2D eigenvalue weighted by Gasteiger charge is 2.30. The van der Waals surface area contributed by atoms with Gasteiger partial charge >= 0.3 is 0 Å². The third kappa shape index (κ3) is 8.62. The molecule has 4 rings (SSSR count). The minimum atomic E-state index is -0.446. The molecular formula is C29H44N4O3S. The van der Waals surface area contributed by atoms with E-state index in [-0.39, 0.29) is 18.2 Å². The summed E-state index contributed by atoms with van der Waals surface area (Å²) in [7, 11) is 8.31. The Morgan fingerprint density at radius 3 is 2.24 bits per heavy atom. The second kappa shape index (κ2) is 14.6. The number of anilines is 1. The first-order valence-electron chi connectivity index (χ1n) is 13.6. The molecule has 0 spiro atoms. The number of amides is 2. The van der Waals surface area contributed by atoms with E-state index in [1.807, 2.05) is 4.90 Å². The standard InChI is InChI=1S/C15H26N2O3.C14H18N2S/c18-14(16-20)11-13(10-12-6-2-3-7-12)15(19)17-8-4-1-5-9-17;1-15(2)13-9-5-8-12-11(13)7-6-10-14(12)17-16(3)4/h12-13,20H,1-11H2,(H,16,18);5-10H,1-4H3/t13-;/m1./s1. The molecule has 1 aliphatic heterocycles. The van der Waals surface area contributed by atoms with E-state index in [0.717, 1.165) is 32.4 Å². The topological polar surface area (TPSA) is 76.1 Å². The Morgan fingerprint density at radius 1 is 0.973 bits per heavy atom. The number of likely N-dealkylation sites (tertiary alicyclic amines) is 1. The molecule has 1 saturated heterocycles. The number of fused-ring (bicyclic) bond motifs is 1. The molecule has 2 fully saturated rings. The summed E-state index contributed by atoms with van der Waals surface area (Å²) < 4.78 is 2.12. The molecule has 2 N–H and O–H groups in total. The monoisotopic (exact) mass is 528 g/mol. The molecule has 0 aromatic heterocycles. The Labute approximate surface area is 226 Å². The van der Waals surface area contributed by atoms with Gasteiger partial charge in [-0.1, -0.05) is 49.9 Å². The smallest absolute Gasteiger partial charge is 0.244 e. The number of piperidine rings is 1. The summed E-state index contributed by atoms with van der Waals surface area (Å²) in [4.78, 5) is 29.4. The van der Waals surface area contributed by atoms with Crippen LogP contribution in [-0.4, -0.2) is 67.5 Å². The summed E-state index contributed by atoms with van der Waals surface area (Å²) >= 11 is 1.76. The van der Waals surface area contributed by atoms with Crippen molar-refractivity contribution in [3.63, 3.8) is 0 Å². The first kappa shape index (κ1) is 29.3. The van der Waals surface area contributed by atoms with Crippen LogP contribution in [0.4, 0.5) is 5.69 Å². The molecule has 1 saturated carbocycles. The molecule has 2 aromatic carbocycles. The number of benzene rings is 2. The summed E-state index contributed by atoms with van der Waals surface area (Å²) in [6.45, 7) is 1.64. The van der Waals surface area contributed by atoms with E-state index in [1.165, 1.54) is 53.5 Å². The van der Waals surface area contributed by atoms with Gasteiger partial charge in [-0.15, -0.1) is 0 Å². The summed E-state index contributed by atoms with van der Waals surface area (Å²) in [6.07, 6.45) is 9.04. The van der Waals surface area contributed by atoms with E-state index in [2.05, 4.69) is 73.8 Å². The predicted molar refractivity (Wildman–Crippen MR) is 153 cm³/mol. The molecule has 2 aliphatic rings. The maximum Gasteiger partial charge on any atom is 0.244 e. The Morgan fingerprint density at radius 2 is 1.62 bits per heavy atom.